The first-order valence-corrected chi connectivity index (χ1v) is 6.62. The number of anilines is 1. The number of rotatable bonds is 2. The molecule has 0 unspecified atom stereocenters. The van der Waals surface area contributed by atoms with Crippen LogP contribution < -0.4 is 10.5 Å². The maximum absolute atomic E-state index is 11.4. The van der Waals surface area contributed by atoms with Gasteiger partial charge in [-0.25, -0.2) is 9.78 Å². The van der Waals surface area contributed by atoms with Crippen LogP contribution in [-0.2, 0) is 4.74 Å². The van der Waals surface area contributed by atoms with Gasteiger partial charge in [-0.2, -0.15) is 0 Å². The third-order valence-electron chi connectivity index (χ3n) is 2.83. The number of nitrogens with two attached hydrogens (primary N) is 1. The zero-order valence-electron chi connectivity index (χ0n) is 12.0. The van der Waals surface area contributed by atoms with Gasteiger partial charge in [0.25, 0.3) is 0 Å². The number of pyridine rings is 1. The summed E-state index contributed by atoms with van der Waals surface area (Å²) in [5, 5.41) is 0.546. The number of halogens is 1. The molecule has 0 atom stereocenters. The smallest absolute Gasteiger partial charge is 0.356 e. The largest absolute Gasteiger partial charge is 0.495 e. The van der Waals surface area contributed by atoms with Crippen molar-refractivity contribution in [1.29, 1.82) is 0 Å². The normalized spacial score (nSPS) is 9.59. The first-order valence-electron chi connectivity index (χ1n) is 6.24. The number of methoxy groups -OCH3 is 2. The number of esters is 1. The number of hydrogen-bond donors (Lipinski definition) is 1. The van der Waals surface area contributed by atoms with Crippen molar-refractivity contribution in [3.05, 3.63) is 52.3 Å². The van der Waals surface area contributed by atoms with Crippen LogP contribution >= 0.6 is 11.6 Å². The average Bonchev–Trinajstić information content (AvgIpc) is 2.54. The minimum Gasteiger partial charge on any atom is -0.495 e. The predicted octanol–water partition coefficient (Wildman–Crippen LogP) is 2.51. The Morgan fingerprint density at radius 3 is 2.64 bits per heavy atom. The lowest BCUT2D eigenvalue weighted by atomic mass is 10.1. The molecule has 2 rings (SSSR count). The van der Waals surface area contributed by atoms with Crippen LogP contribution in [0.25, 0.3) is 0 Å². The Kier molecular flexibility index (Phi) is 4.87. The molecule has 2 N–H and O–H groups in total. The molecule has 0 fully saturated rings. The summed E-state index contributed by atoms with van der Waals surface area (Å²) in [7, 11) is 2.77. The molecule has 0 bridgehead atoms. The van der Waals surface area contributed by atoms with Crippen LogP contribution in [0, 0.1) is 11.8 Å². The highest BCUT2D eigenvalue weighted by atomic mass is 35.5. The van der Waals surface area contributed by atoms with Crippen molar-refractivity contribution in [2.24, 2.45) is 0 Å². The van der Waals surface area contributed by atoms with Crippen LogP contribution in [-0.4, -0.2) is 25.2 Å². The molecule has 1 heterocycles. The van der Waals surface area contributed by atoms with Gasteiger partial charge in [0, 0.05) is 28.5 Å². The van der Waals surface area contributed by atoms with E-state index in [1.54, 1.807) is 18.2 Å². The number of nitrogens with zero attached hydrogens (tertiary/aromatic N) is 1. The van der Waals surface area contributed by atoms with Crippen LogP contribution in [0.5, 0.6) is 5.75 Å². The van der Waals surface area contributed by atoms with Gasteiger partial charge in [0.05, 0.1) is 19.8 Å². The van der Waals surface area contributed by atoms with Crippen molar-refractivity contribution in [3.63, 3.8) is 0 Å². The lowest BCUT2D eigenvalue weighted by Crippen LogP contribution is -2.05. The molecule has 5 nitrogen and oxygen atoms in total. The molecule has 0 saturated carbocycles. The summed E-state index contributed by atoms with van der Waals surface area (Å²) in [6.07, 6.45) is 1.44. The van der Waals surface area contributed by atoms with E-state index < -0.39 is 5.97 Å². The van der Waals surface area contributed by atoms with Gasteiger partial charge >= 0.3 is 5.97 Å². The molecule has 6 heteroatoms. The van der Waals surface area contributed by atoms with Crippen LogP contribution in [0.3, 0.4) is 0 Å². The van der Waals surface area contributed by atoms with Crippen LogP contribution in [0.1, 0.15) is 21.6 Å². The SMILES string of the molecule is COC(=O)c1cc(OC)c(C#Cc2cc(Cl)ccc2N)cn1. The van der Waals surface area contributed by atoms with E-state index in [1.807, 2.05) is 0 Å². The van der Waals surface area contributed by atoms with Crippen LogP contribution in [0.2, 0.25) is 5.02 Å². The van der Waals surface area contributed by atoms with Gasteiger partial charge in [0.2, 0.25) is 0 Å². The standard InChI is InChI=1S/C16H13ClN2O3/c1-21-15-8-14(16(20)22-2)19-9-11(15)4-3-10-7-12(17)5-6-13(10)18/h5-9H,18H2,1-2H3. The fraction of sp³-hybridized carbons (Fsp3) is 0.125. The minimum atomic E-state index is -0.545. The predicted molar refractivity (Wildman–Crippen MR) is 84.0 cm³/mol. The second-order valence-electron chi connectivity index (χ2n) is 4.24. The molecule has 0 amide bonds. The highest BCUT2D eigenvalue weighted by molar-refractivity contribution is 6.30. The van der Waals surface area contributed by atoms with Crippen molar-refractivity contribution in [1.82, 2.24) is 4.98 Å². The quantitative estimate of drug-likeness (QED) is 0.523. The van der Waals surface area contributed by atoms with Gasteiger partial charge in [-0.15, -0.1) is 0 Å². The molecule has 112 valence electrons. The van der Waals surface area contributed by atoms with E-state index in [0.29, 0.717) is 27.6 Å². The van der Waals surface area contributed by atoms with Crippen molar-refractivity contribution in [2.45, 2.75) is 0 Å². The summed E-state index contributed by atoms with van der Waals surface area (Å²) in [4.78, 5) is 15.4. The summed E-state index contributed by atoms with van der Waals surface area (Å²) in [6.45, 7) is 0. The summed E-state index contributed by atoms with van der Waals surface area (Å²) in [5.41, 5.74) is 7.63. The molecule has 2 aromatic rings. The van der Waals surface area contributed by atoms with Crippen molar-refractivity contribution < 1.29 is 14.3 Å². The van der Waals surface area contributed by atoms with E-state index in [0.717, 1.165) is 0 Å². The summed E-state index contributed by atoms with van der Waals surface area (Å²) in [5.74, 6) is 5.69. The van der Waals surface area contributed by atoms with Gasteiger partial charge in [0.15, 0.2) is 5.69 Å². The highest BCUT2D eigenvalue weighted by Crippen LogP contribution is 2.20. The average molecular weight is 317 g/mol. The summed E-state index contributed by atoms with van der Waals surface area (Å²) < 4.78 is 9.83. The molecule has 1 aromatic heterocycles. The molecule has 0 spiro atoms. The minimum absolute atomic E-state index is 0.146. The van der Waals surface area contributed by atoms with Gasteiger partial charge in [-0.1, -0.05) is 23.4 Å². The number of carbonyl (C=O) groups is 1. The lowest BCUT2D eigenvalue weighted by molar-refractivity contribution is 0.0593. The first-order chi connectivity index (χ1) is 10.5. The molecule has 0 saturated heterocycles. The van der Waals surface area contributed by atoms with Crippen molar-refractivity contribution in [3.8, 4) is 17.6 Å². The van der Waals surface area contributed by atoms with E-state index in [-0.39, 0.29) is 5.69 Å². The topological polar surface area (TPSA) is 74.4 Å². The summed E-state index contributed by atoms with van der Waals surface area (Å²) >= 11 is 5.92. The Morgan fingerprint density at radius 1 is 1.23 bits per heavy atom. The molecule has 0 aliphatic rings. The van der Waals surface area contributed by atoms with Gasteiger partial charge in [0.1, 0.15) is 5.75 Å². The molecule has 0 aliphatic carbocycles. The Labute approximate surface area is 133 Å². The lowest BCUT2D eigenvalue weighted by Gasteiger charge is -2.05. The zero-order valence-corrected chi connectivity index (χ0v) is 12.8. The van der Waals surface area contributed by atoms with E-state index in [4.69, 9.17) is 22.1 Å². The Hall–Kier alpha value is -2.71. The molecule has 1 aromatic carbocycles. The van der Waals surface area contributed by atoms with Crippen molar-refractivity contribution >= 4 is 23.3 Å². The number of ether oxygens (including phenoxy) is 2. The number of benzene rings is 1. The fourth-order valence-corrected chi connectivity index (χ4v) is 1.86. The fourth-order valence-electron chi connectivity index (χ4n) is 1.69. The Bertz CT molecular complexity index is 779. The second kappa shape index (κ2) is 6.83. The number of hydrogen-bond acceptors (Lipinski definition) is 5. The zero-order chi connectivity index (χ0) is 16.1. The second-order valence-corrected chi connectivity index (χ2v) is 4.68. The van der Waals surface area contributed by atoms with Crippen LogP contribution in [0.4, 0.5) is 5.69 Å². The highest BCUT2D eigenvalue weighted by Gasteiger charge is 2.11. The van der Waals surface area contributed by atoms with E-state index in [1.165, 1.54) is 26.5 Å². The Morgan fingerprint density at radius 2 is 1.95 bits per heavy atom. The van der Waals surface area contributed by atoms with Gasteiger partial charge in [-0.05, 0) is 18.2 Å². The molecule has 0 radical (unpaired) electrons. The third kappa shape index (κ3) is 3.48. The molecule has 0 aliphatic heterocycles. The molecule has 22 heavy (non-hydrogen) atoms. The summed E-state index contributed by atoms with van der Waals surface area (Å²) in [6, 6.07) is 6.52. The van der Waals surface area contributed by atoms with Gasteiger partial charge in [-0.3, -0.25) is 0 Å². The maximum Gasteiger partial charge on any atom is 0.356 e. The molecular formula is C16H13ClN2O3. The van der Waals surface area contributed by atoms with E-state index >= 15 is 0 Å². The maximum atomic E-state index is 11.4. The van der Waals surface area contributed by atoms with E-state index in [9.17, 15) is 4.79 Å². The monoisotopic (exact) mass is 316 g/mol. The van der Waals surface area contributed by atoms with Gasteiger partial charge < -0.3 is 15.2 Å². The number of carbonyl (C=O) groups excluding carboxylic acids is 1. The number of aromatic nitrogens is 1. The molecular weight excluding hydrogens is 304 g/mol. The van der Waals surface area contributed by atoms with E-state index in [2.05, 4.69) is 21.6 Å². The first kappa shape index (κ1) is 15.7. The Balaban J connectivity index is 2.40. The number of nitrogen functional groups attached to an aromatic ring is 1. The van der Waals surface area contributed by atoms with Crippen molar-refractivity contribution in [2.75, 3.05) is 20.0 Å². The third-order valence-corrected chi connectivity index (χ3v) is 3.06. The van der Waals surface area contributed by atoms with Crippen LogP contribution in [0.15, 0.2) is 30.5 Å².